The molecule has 0 radical (unpaired) electrons. The van der Waals surface area contributed by atoms with Crippen LogP contribution in [0, 0.1) is 0 Å². The lowest BCUT2D eigenvalue weighted by Crippen LogP contribution is -2.15. The molecule has 0 bridgehead atoms. The molecule has 1 N–H and O–H groups in total. The quantitative estimate of drug-likeness (QED) is 0.610. The van der Waals surface area contributed by atoms with E-state index in [1.165, 1.54) is 11.3 Å². The Labute approximate surface area is 150 Å². The summed E-state index contributed by atoms with van der Waals surface area (Å²) in [5.41, 5.74) is 1.71. The first kappa shape index (κ1) is 17.0. The first-order chi connectivity index (χ1) is 12.1. The molecule has 0 aliphatic heterocycles. The lowest BCUT2D eigenvalue weighted by molar-refractivity contribution is 0.0723. The van der Waals surface area contributed by atoms with Gasteiger partial charge in [0.05, 0.1) is 15.9 Å². The predicted octanol–water partition coefficient (Wildman–Crippen LogP) is 5.71. The molecule has 0 spiro atoms. The van der Waals surface area contributed by atoms with Gasteiger partial charge in [-0.3, -0.25) is 0 Å². The highest BCUT2D eigenvalue weighted by molar-refractivity contribution is 7.19. The van der Waals surface area contributed by atoms with E-state index in [1.54, 1.807) is 13.8 Å². The highest BCUT2D eigenvalue weighted by Crippen LogP contribution is 2.51. The molecule has 128 valence electrons. The van der Waals surface area contributed by atoms with E-state index in [0.29, 0.717) is 9.75 Å². The van der Waals surface area contributed by atoms with E-state index in [-0.39, 0.29) is 17.6 Å². The summed E-state index contributed by atoms with van der Waals surface area (Å²) < 4.78 is 10.4. The van der Waals surface area contributed by atoms with Gasteiger partial charge < -0.3 is 14.6 Å². The van der Waals surface area contributed by atoms with E-state index in [2.05, 4.69) is 0 Å². The van der Waals surface area contributed by atoms with Crippen LogP contribution in [-0.2, 0) is 4.74 Å². The molecule has 3 aromatic rings. The number of carbonyl (C=O) groups excluding carboxylic acids is 1. The Bertz CT molecular complexity index is 854. The molecule has 0 aliphatic carbocycles. The fraction of sp³-hybridized carbons (Fsp3) is 0.150. The minimum absolute atomic E-state index is 0.0595. The molecule has 0 saturated carbocycles. The monoisotopic (exact) mass is 354 g/mol. The number of carbonyl (C=O) groups is 1. The summed E-state index contributed by atoms with van der Waals surface area (Å²) in [5.74, 6) is 0.0662. The fourth-order valence-electron chi connectivity index (χ4n) is 2.37. The molecule has 2 aromatic carbocycles. The van der Waals surface area contributed by atoms with Gasteiger partial charge in [0.2, 0.25) is 0 Å². The smallest absolute Gasteiger partial charge is 0.503 e. The van der Waals surface area contributed by atoms with E-state index in [9.17, 15) is 9.90 Å². The standard InChI is InChI=1S/C20H18O4S/c1-13(2)23-20(22)24-17-16(21)18(14-9-5-3-6-10-14)25-19(17)15-11-7-4-8-12-15/h3-13,21H,1-2H3. The molecule has 4 nitrogen and oxygen atoms in total. The summed E-state index contributed by atoms with van der Waals surface area (Å²) >= 11 is 1.37. The Hall–Kier alpha value is -2.79. The molecule has 1 heterocycles. The van der Waals surface area contributed by atoms with Crippen molar-refractivity contribution in [2.45, 2.75) is 20.0 Å². The normalized spacial score (nSPS) is 10.7. The maximum absolute atomic E-state index is 12.0. The van der Waals surface area contributed by atoms with Gasteiger partial charge in [0.15, 0.2) is 11.5 Å². The van der Waals surface area contributed by atoms with Gasteiger partial charge in [-0.2, -0.15) is 0 Å². The van der Waals surface area contributed by atoms with Gasteiger partial charge in [0.25, 0.3) is 0 Å². The number of hydrogen-bond donors (Lipinski definition) is 1. The van der Waals surface area contributed by atoms with Crippen molar-refractivity contribution >= 4 is 17.5 Å². The first-order valence-electron chi connectivity index (χ1n) is 7.91. The van der Waals surface area contributed by atoms with Crippen molar-refractivity contribution in [1.29, 1.82) is 0 Å². The Morgan fingerprint density at radius 2 is 1.44 bits per heavy atom. The molecule has 0 fully saturated rings. The molecule has 1 aromatic heterocycles. The van der Waals surface area contributed by atoms with E-state index < -0.39 is 6.16 Å². The van der Waals surface area contributed by atoms with Crippen LogP contribution in [0.5, 0.6) is 11.5 Å². The van der Waals surface area contributed by atoms with Crippen molar-refractivity contribution < 1.29 is 19.4 Å². The van der Waals surface area contributed by atoms with E-state index in [4.69, 9.17) is 9.47 Å². The molecule has 0 unspecified atom stereocenters. The Morgan fingerprint density at radius 1 is 0.920 bits per heavy atom. The van der Waals surface area contributed by atoms with Crippen molar-refractivity contribution in [2.75, 3.05) is 0 Å². The number of rotatable bonds is 4. The van der Waals surface area contributed by atoms with Gasteiger partial charge in [-0.25, -0.2) is 4.79 Å². The molecule has 5 heteroatoms. The van der Waals surface area contributed by atoms with Crippen LogP contribution in [-0.4, -0.2) is 17.4 Å². The minimum Gasteiger partial charge on any atom is -0.503 e. The summed E-state index contributed by atoms with van der Waals surface area (Å²) in [5, 5.41) is 10.7. The Morgan fingerprint density at radius 3 is 1.96 bits per heavy atom. The molecule has 25 heavy (non-hydrogen) atoms. The minimum atomic E-state index is -0.833. The molecular formula is C20H18O4S. The second-order valence-corrected chi connectivity index (χ2v) is 6.71. The van der Waals surface area contributed by atoms with Crippen LogP contribution in [0.3, 0.4) is 0 Å². The highest BCUT2D eigenvalue weighted by Gasteiger charge is 2.24. The maximum Gasteiger partial charge on any atom is 0.514 e. The van der Waals surface area contributed by atoms with Gasteiger partial charge in [0.1, 0.15) is 0 Å². The number of benzene rings is 2. The second-order valence-electron chi connectivity index (χ2n) is 5.69. The number of thiophene rings is 1. The molecule has 0 saturated heterocycles. The zero-order chi connectivity index (χ0) is 17.8. The van der Waals surface area contributed by atoms with Crippen molar-refractivity contribution in [3.63, 3.8) is 0 Å². The number of hydrogen-bond acceptors (Lipinski definition) is 5. The summed E-state index contributed by atoms with van der Waals surface area (Å²) in [4.78, 5) is 13.3. The lowest BCUT2D eigenvalue weighted by atomic mass is 10.1. The van der Waals surface area contributed by atoms with Crippen LogP contribution >= 0.6 is 11.3 Å². The summed E-state index contributed by atoms with van der Waals surface area (Å²) in [6.07, 6.45) is -1.14. The zero-order valence-corrected chi connectivity index (χ0v) is 14.7. The van der Waals surface area contributed by atoms with Crippen molar-refractivity contribution in [1.82, 2.24) is 0 Å². The van der Waals surface area contributed by atoms with Crippen LogP contribution in [0.4, 0.5) is 4.79 Å². The molecule has 3 rings (SSSR count). The molecule has 0 amide bonds. The predicted molar refractivity (Wildman–Crippen MR) is 99.1 cm³/mol. The maximum atomic E-state index is 12.0. The van der Waals surface area contributed by atoms with Crippen molar-refractivity contribution in [2.24, 2.45) is 0 Å². The summed E-state index contributed by atoms with van der Waals surface area (Å²) in [7, 11) is 0. The second kappa shape index (κ2) is 7.40. The highest BCUT2D eigenvalue weighted by atomic mass is 32.1. The number of ether oxygens (including phenoxy) is 2. The fourth-order valence-corrected chi connectivity index (χ4v) is 3.50. The average Bonchev–Trinajstić information content (AvgIpc) is 2.92. The van der Waals surface area contributed by atoms with Crippen LogP contribution < -0.4 is 4.74 Å². The molecule has 0 aliphatic rings. The topological polar surface area (TPSA) is 55.8 Å². The van der Waals surface area contributed by atoms with E-state index in [0.717, 1.165) is 11.1 Å². The van der Waals surface area contributed by atoms with Gasteiger partial charge in [-0.15, -0.1) is 11.3 Å². The van der Waals surface area contributed by atoms with Gasteiger partial charge in [0, 0.05) is 0 Å². The first-order valence-corrected chi connectivity index (χ1v) is 8.73. The van der Waals surface area contributed by atoms with Crippen LogP contribution in [0.15, 0.2) is 60.7 Å². The van der Waals surface area contributed by atoms with E-state index in [1.807, 2.05) is 60.7 Å². The van der Waals surface area contributed by atoms with Gasteiger partial charge in [-0.1, -0.05) is 60.7 Å². The zero-order valence-electron chi connectivity index (χ0n) is 13.9. The molecular weight excluding hydrogens is 336 g/mol. The Balaban J connectivity index is 2.08. The third kappa shape index (κ3) is 3.83. The van der Waals surface area contributed by atoms with Crippen LogP contribution in [0.1, 0.15) is 13.8 Å². The summed E-state index contributed by atoms with van der Waals surface area (Å²) in [6.45, 7) is 3.48. The largest absolute Gasteiger partial charge is 0.514 e. The Kier molecular flexibility index (Phi) is 5.05. The third-order valence-electron chi connectivity index (χ3n) is 3.43. The van der Waals surface area contributed by atoms with E-state index >= 15 is 0 Å². The third-order valence-corrected chi connectivity index (χ3v) is 4.69. The molecule has 0 atom stereocenters. The summed E-state index contributed by atoms with van der Waals surface area (Å²) in [6, 6.07) is 19.0. The van der Waals surface area contributed by atoms with Gasteiger partial charge >= 0.3 is 6.16 Å². The van der Waals surface area contributed by atoms with Crippen LogP contribution in [0.25, 0.3) is 20.9 Å². The average molecular weight is 354 g/mol. The lowest BCUT2D eigenvalue weighted by Gasteiger charge is -2.09. The number of aromatic hydroxyl groups is 1. The van der Waals surface area contributed by atoms with Crippen molar-refractivity contribution in [3.05, 3.63) is 60.7 Å². The SMILES string of the molecule is CC(C)OC(=O)Oc1c(-c2ccccc2)sc(-c2ccccc2)c1O. The van der Waals surface area contributed by atoms with Gasteiger partial charge in [-0.05, 0) is 25.0 Å². The van der Waals surface area contributed by atoms with Crippen LogP contribution in [0.2, 0.25) is 0 Å². The van der Waals surface area contributed by atoms with Crippen molar-refractivity contribution in [3.8, 4) is 32.4 Å².